The number of amides is 1. The average Bonchev–Trinajstić information content (AvgIpc) is 2.83. The van der Waals surface area contributed by atoms with Crippen LogP contribution >= 0.6 is 11.6 Å². The van der Waals surface area contributed by atoms with Crippen LogP contribution in [0.4, 0.5) is 0 Å². The summed E-state index contributed by atoms with van der Waals surface area (Å²) in [6.07, 6.45) is 1.43. The van der Waals surface area contributed by atoms with Crippen molar-refractivity contribution in [2.24, 2.45) is 0 Å². The highest BCUT2D eigenvalue weighted by Crippen LogP contribution is 2.29. The zero-order valence-electron chi connectivity index (χ0n) is 18.5. The zero-order valence-corrected chi connectivity index (χ0v) is 19.3. The second-order valence-corrected chi connectivity index (χ2v) is 8.42. The Labute approximate surface area is 196 Å². The fourth-order valence-electron chi connectivity index (χ4n) is 4.21. The quantitative estimate of drug-likeness (QED) is 0.535. The third kappa shape index (κ3) is 4.62. The van der Waals surface area contributed by atoms with Crippen molar-refractivity contribution >= 4 is 34.4 Å². The van der Waals surface area contributed by atoms with Gasteiger partial charge in [-0.15, -0.1) is 0 Å². The molecule has 1 saturated heterocycles. The van der Waals surface area contributed by atoms with Crippen molar-refractivity contribution in [1.29, 1.82) is 0 Å². The molecule has 1 aliphatic rings. The van der Waals surface area contributed by atoms with Crippen LogP contribution < -0.4 is 5.56 Å². The van der Waals surface area contributed by atoms with Gasteiger partial charge in [0, 0.05) is 31.2 Å². The van der Waals surface area contributed by atoms with Gasteiger partial charge in [0.1, 0.15) is 12.6 Å². The molecular formula is C24H25ClN4O4. The number of methoxy groups -OCH3 is 1. The lowest BCUT2D eigenvalue weighted by Gasteiger charge is -2.38. The number of rotatable bonds is 5. The molecule has 1 aromatic heterocycles. The van der Waals surface area contributed by atoms with Crippen molar-refractivity contribution in [3.05, 3.63) is 75.3 Å². The van der Waals surface area contributed by atoms with Gasteiger partial charge in [0.15, 0.2) is 0 Å². The number of halogens is 1. The first-order valence-corrected chi connectivity index (χ1v) is 11.1. The standard InChI is InChI=1S/C24H25ClN4O4/c1-16-6-5-8-18-21(16)26-15-29(23(18)31)14-20(30)27-10-12-28(13-11-27)22(24(32)33-2)17-7-3-4-9-19(17)25/h3-9,15,22H,10-14H2,1-2H3. The van der Waals surface area contributed by atoms with Crippen molar-refractivity contribution in [3.63, 3.8) is 0 Å². The van der Waals surface area contributed by atoms with Crippen LogP contribution in [0, 0.1) is 6.92 Å². The number of aryl methyl sites for hydroxylation is 1. The van der Waals surface area contributed by atoms with Gasteiger partial charge in [-0.2, -0.15) is 0 Å². The highest BCUT2D eigenvalue weighted by Gasteiger charge is 2.33. The molecule has 8 nitrogen and oxygen atoms in total. The van der Waals surface area contributed by atoms with Gasteiger partial charge in [0.2, 0.25) is 5.91 Å². The van der Waals surface area contributed by atoms with Crippen LogP contribution in [0.1, 0.15) is 17.2 Å². The number of para-hydroxylation sites is 1. The van der Waals surface area contributed by atoms with Gasteiger partial charge >= 0.3 is 5.97 Å². The normalized spacial score (nSPS) is 15.4. The zero-order chi connectivity index (χ0) is 23.5. The number of fused-ring (bicyclic) bond motifs is 1. The Balaban J connectivity index is 1.46. The molecule has 0 aliphatic carbocycles. The van der Waals surface area contributed by atoms with Crippen LogP contribution in [0.3, 0.4) is 0 Å². The first kappa shape index (κ1) is 22.9. The van der Waals surface area contributed by atoms with E-state index in [1.807, 2.05) is 42.2 Å². The van der Waals surface area contributed by atoms with E-state index in [0.29, 0.717) is 47.7 Å². The van der Waals surface area contributed by atoms with E-state index in [0.717, 1.165) is 5.56 Å². The predicted molar refractivity (Wildman–Crippen MR) is 125 cm³/mol. The average molecular weight is 469 g/mol. The maximum atomic E-state index is 12.9. The van der Waals surface area contributed by atoms with Crippen molar-refractivity contribution < 1.29 is 14.3 Å². The molecule has 9 heteroatoms. The number of nitrogens with zero attached hydrogens (tertiary/aromatic N) is 4. The molecular weight excluding hydrogens is 444 g/mol. The molecule has 2 heterocycles. The number of benzene rings is 2. The Hall–Kier alpha value is -3.23. The van der Waals surface area contributed by atoms with E-state index >= 15 is 0 Å². The molecule has 172 valence electrons. The van der Waals surface area contributed by atoms with E-state index in [1.165, 1.54) is 18.0 Å². The molecule has 0 radical (unpaired) electrons. The van der Waals surface area contributed by atoms with E-state index in [4.69, 9.17) is 16.3 Å². The van der Waals surface area contributed by atoms with Gasteiger partial charge in [-0.05, 0) is 30.2 Å². The molecule has 1 amide bonds. The lowest BCUT2D eigenvalue weighted by Crippen LogP contribution is -2.52. The Kier molecular flexibility index (Phi) is 6.76. The van der Waals surface area contributed by atoms with Gasteiger partial charge in [-0.25, -0.2) is 9.78 Å². The van der Waals surface area contributed by atoms with Crippen molar-refractivity contribution in [2.45, 2.75) is 19.5 Å². The highest BCUT2D eigenvalue weighted by molar-refractivity contribution is 6.31. The van der Waals surface area contributed by atoms with Gasteiger partial charge in [0.05, 0.1) is 24.3 Å². The molecule has 1 fully saturated rings. The van der Waals surface area contributed by atoms with Crippen molar-refractivity contribution in [2.75, 3.05) is 33.3 Å². The summed E-state index contributed by atoms with van der Waals surface area (Å²) in [5.74, 6) is -0.565. The molecule has 0 N–H and O–H groups in total. The Morgan fingerprint density at radius 1 is 1.09 bits per heavy atom. The van der Waals surface area contributed by atoms with E-state index in [9.17, 15) is 14.4 Å². The van der Waals surface area contributed by atoms with Crippen molar-refractivity contribution in [3.8, 4) is 0 Å². The van der Waals surface area contributed by atoms with Crippen LogP contribution in [-0.4, -0.2) is 64.5 Å². The second-order valence-electron chi connectivity index (χ2n) is 8.01. The Bertz CT molecular complexity index is 1250. The first-order valence-electron chi connectivity index (χ1n) is 10.7. The number of aromatic nitrogens is 2. The molecule has 4 rings (SSSR count). The summed E-state index contributed by atoms with van der Waals surface area (Å²) in [7, 11) is 1.35. The first-order chi connectivity index (χ1) is 15.9. The largest absolute Gasteiger partial charge is 0.468 e. The number of hydrogen-bond donors (Lipinski definition) is 0. The van der Waals surface area contributed by atoms with Gasteiger partial charge in [-0.3, -0.25) is 19.1 Å². The van der Waals surface area contributed by atoms with Crippen LogP contribution in [0.15, 0.2) is 53.6 Å². The minimum Gasteiger partial charge on any atom is -0.468 e. The SMILES string of the molecule is COC(=O)C(c1ccccc1Cl)N1CCN(C(=O)Cn2cnc3c(C)cccc3c2=O)CC1. The molecule has 1 aliphatic heterocycles. The van der Waals surface area contributed by atoms with Crippen molar-refractivity contribution in [1.82, 2.24) is 19.4 Å². The Morgan fingerprint density at radius 3 is 2.52 bits per heavy atom. The van der Waals surface area contributed by atoms with Crippen LogP contribution in [0.5, 0.6) is 0 Å². The molecule has 0 saturated carbocycles. The van der Waals surface area contributed by atoms with E-state index in [2.05, 4.69) is 4.98 Å². The molecule has 0 spiro atoms. The van der Waals surface area contributed by atoms with E-state index in [-0.39, 0.29) is 18.0 Å². The summed E-state index contributed by atoms with van der Waals surface area (Å²) < 4.78 is 6.36. The smallest absolute Gasteiger partial charge is 0.327 e. The molecule has 1 unspecified atom stereocenters. The molecule has 2 aromatic carbocycles. The minimum atomic E-state index is -0.642. The third-order valence-electron chi connectivity index (χ3n) is 6.02. The van der Waals surface area contributed by atoms with E-state index < -0.39 is 12.0 Å². The van der Waals surface area contributed by atoms with Gasteiger partial charge < -0.3 is 9.64 Å². The summed E-state index contributed by atoms with van der Waals surface area (Å²) >= 11 is 6.34. The third-order valence-corrected chi connectivity index (χ3v) is 6.36. The predicted octanol–water partition coefficient (Wildman–Crippen LogP) is 2.42. The summed E-state index contributed by atoms with van der Waals surface area (Å²) in [6, 6.07) is 12.0. The van der Waals surface area contributed by atoms with Crippen LogP contribution in [0.2, 0.25) is 5.02 Å². The van der Waals surface area contributed by atoms with Gasteiger partial charge in [-0.1, -0.05) is 41.9 Å². The number of hydrogen-bond acceptors (Lipinski definition) is 6. The van der Waals surface area contributed by atoms with Crippen LogP contribution in [0.25, 0.3) is 10.9 Å². The molecule has 33 heavy (non-hydrogen) atoms. The fourth-order valence-corrected chi connectivity index (χ4v) is 4.45. The van der Waals surface area contributed by atoms with E-state index in [1.54, 1.807) is 17.0 Å². The molecule has 1 atom stereocenters. The Morgan fingerprint density at radius 2 is 1.82 bits per heavy atom. The molecule has 3 aromatic rings. The maximum Gasteiger partial charge on any atom is 0.327 e. The lowest BCUT2D eigenvalue weighted by molar-refractivity contribution is -0.148. The number of ether oxygens (including phenoxy) is 1. The summed E-state index contributed by atoms with van der Waals surface area (Å²) in [5, 5.41) is 0.987. The number of piperazine rings is 1. The molecule has 0 bridgehead atoms. The topological polar surface area (TPSA) is 84.7 Å². The highest BCUT2D eigenvalue weighted by atomic mass is 35.5. The minimum absolute atomic E-state index is 0.0827. The summed E-state index contributed by atoms with van der Waals surface area (Å²) in [6.45, 7) is 3.60. The fraction of sp³-hybridized carbons (Fsp3) is 0.333. The second kappa shape index (κ2) is 9.72. The number of esters is 1. The summed E-state index contributed by atoms with van der Waals surface area (Å²) in [4.78, 5) is 46.3. The number of carbonyl (C=O) groups excluding carboxylic acids is 2. The summed E-state index contributed by atoms with van der Waals surface area (Å²) in [5.41, 5.74) is 2.00. The number of carbonyl (C=O) groups is 2. The lowest BCUT2D eigenvalue weighted by atomic mass is 10.0. The monoisotopic (exact) mass is 468 g/mol. The maximum absolute atomic E-state index is 12.9. The van der Waals surface area contributed by atoms with Gasteiger partial charge in [0.25, 0.3) is 5.56 Å². The van der Waals surface area contributed by atoms with Crippen LogP contribution in [-0.2, 0) is 20.9 Å².